The van der Waals surface area contributed by atoms with Crippen LogP contribution in [-0.4, -0.2) is 35.1 Å². The number of carbonyl (C=O) groups excluding carboxylic acids is 1. The Balaban J connectivity index is 2.90. The van der Waals surface area contributed by atoms with Crippen molar-refractivity contribution in [2.45, 2.75) is 46.8 Å². The van der Waals surface area contributed by atoms with E-state index in [1.165, 1.54) is 0 Å². The Hall–Kier alpha value is -1.55. The van der Waals surface area contributed by atoms with Crippen molar-refractivity contribution in [2.24, 2.45) is 0 Å². The summed E-state index contributed by atoms with van der Waals surface area (Å²) in [5.41, 5.74) is 1.76. The highest BCUT2D eigenvalue weighted by molar-refractivity contribution is 5.80. The fourth-order valence-corrected chi connectivity index (χ4v) is 2.13. The van der Waals surface area contributed by atoms with Crippen LogP contribution in [0, 0.1) is 6.92 Å². The monoisotopic (exact) mass is 279 g/mol. The van der Waals surface area contributed by atoms with Gasteiger partial charge in [-0.1, -0.05) is 11.6 Å². The maximum absolute atomic E-state index is 12.2. The van der Waals surface area contributed by atoms with Crippen LogP contribution in [0.25, 0.3) is 0 Å². The van der Waals surface area contributed by atoms with Gasteiger partial charge in [-0.05, 0) is 46.8 Å². The predicted octanol–water partition coefficient (Wildman–Crippen LogP) is 2.68. The van der Waals surface area contributed by atoms with E-state index in [2.05, 4.69) is 0 Å². The molecule has 0 heterocycles. The van der Waals surface area contributed by atoms with Crippen LogP contribution in [0.15, 0.2) is 18.2 Å². The molecule has 112 valence electrons. The van der Waals surface area contributed by atoms with Crippen molar-refractivity contribution >= 4 is 5.91 Å². The highest BCUT2D eigenvalue weighted by atomic mass is 16.5. The van der Waals surface area contributed by atoms with Gasteiger partial charge in [-0.2, -0.15) is 0 Å². The molecule has 0 aliphatic carbocycles. The van der Waals surface area contributed by atoms with Crippen LogP contribution in [0.5, 0.6) is 5.75 Å². The van der Waals surface area contributed by atoms with Gasteiger partial charge in [0.05, 0.1) is 6.10 Å². The zero-order valence-electron chi connectivity index (χ0n) is 13.0. The van der Waals surface area contributed by atoms with E-state index in [9.17, 15) is 9.90 Å². The molecule has 0 radical (unpaired) electrons. The quantitative estimate of drug-likeness (QED) is 0.871. The predicted molar refractivity (Wildman–Crippen MR) is 79.8 cm³/mol. The third kappa shape index (κ3) is 3.97. The third-order valence-electron chi connectivity index (χ3n) is 3.34. The van der Waals surface area contributed by atoms with E-state index in [4.69, 9.17) is 4.74 Å². The highest BCUT2D eigenvalue weighted by Gasteiger charge is 2.21. The molecule has 1 N–H and O–H groups in total. The lowest BCUT2D eigenvalue weighted by atomic mass is 10.1. The molecule has 1 amide bonds. The largest absolute Gasteiger partial charge is 0.481 e. The number of hydrogen-bond acceptors (Lipinski definition) is 3. The molecular weight excluding hydrogens is 254 g/mol. The molecule has 4 nitrogen and oxygen atoms in total. The Labute approximate surface area is 121 Å². The normalized spacial score (nSPS) is 13.7. The summed E-state index contributed by atoms with van der Waals surface area (Å²) in [6, 6.07) is 5.60. The van der Waals surface area contributed by atoms with Gasteiger partial charge < -0.3 is 14.7 Å². The first-order valence-electron chi connectivity index (χ1n) is 7.14. The van der Waals surface area contributed by atoms with Gasteiger partial charge in [0.2, 0.25) is 0 Å². The molecule has 20 heavy (non-hydrogen) atoms. The standard InChI is InChI=1S/C16H25NO3/c1-6-17(7-2)16(19)13(5)20-15-9-8-11(3)10-14(15)12(4)18/h8-10,12-13,18H,6-7H2,1-5H3. The first-order chi connectivity index (χ1) is 9.40. The molecule has 0 fully saturated rings. The van der Waals surface area contributed by atoms with E-state index in [0.29, 0.717) is 24.4 Å². The minimum atomic E-state index is -0.624. The fraction of sp³-hybridized carbons (Fsp3) is 0.562. The average molecular weight is 279 g/mol. The zero-order chi connectivity index (χ0) is 15.3. The number of aliphatic hydroxyl groups is 1. The molecule has 0 aliphatic rings. The van der Waals surface area contributed by atoms with Crippen LogP contribution in [0.4, 0.5) is 0 Å². The maximum Gasteiger partial charge on any atom is 0.263 e. The van der Waals surface area contributed by atoms with Gasteiger partial charge in [-0.25, -0.2) is 0 Å². The molecule has 4 heteroatoms. The molecule has 1 aromatic rings. The molecule has 0 saturated carbocycles. The number of amides is 1. The van der Waals surface area contributed by atoms with Crippen LogP contribution in [0.3, 0.4) is 0 Å². The summed E-state index contributed by atoms with van der Waals surface area (Å²) >= 11 is 0. The first kappa shape index (κ1) is 16.5. The summed E-state index contributed by atoms with van der Waals surface area (Å²) in [6.07, 6.45) is -1.18. The van der Waals surface area contributed by atoms with E-state index in [-0.39, 0.29) is 5.91 Å². The second-order valence-corrected chi connectivity index (χ2v) is 4.99. The summed E-state index contributed by atoms with van der Waals surface area (Å²) in [5, 5.41) is 9.81. The Bertz CT molecular complexity index is 453. The molecule has 0 bridgehead atoms. The Kier molecular flexibility index (Phi) is 6.02. The molecule has 0 aromatic heterocycles. The van der Waals surface area contributed by atoms with Gasteiger partial charge in [0.25, 0.3) is 5.91 Å². The van der Waals surface area contributed by atoms with E-state index in [1.807, 2.05) is 39.0 Å². The number of benzene rings is 1. The highest BCUT2D eigenvalue weighted by Crippen LogP contribution is 2.27. The van der Waals surface area contributed by atoms with Crippen molar-refractivity contribution in [3.05, 3.63) is 29.3 Å². The van der Waals surface area contributed by atoms with Crippen LogP contribution >= 0.6 is 0 Å². The van der Waals surface area contributed by atoms with Crippen molar-refractivity contribution < 1.29 is 14.6 Å². The summed E-state index contributed by atoms with van der Waals surface area (Å²) < 4.78 is 5.76. The van der Waals surface area contributed by atoms with Gasteiger partial charge in [-0.15, -0.1) is 0 Å². The number of nitrogens with zero attached hydrogens (tertiary/aromatic N) is 1. The number of ether oxygens (including phenoxy) is 1. The summed E-state index contributed by atoms with van der Waals surface area (Å²) in [6.45, 7) is 10.6. The first-order valence-corrected chi connectivity index (χ1v) is 7.14. The molecule has 1 aromatic carbocycles. The van der Waals surface area contributed by atoms with E-state index >= 15 is 0 Å². The Morgan fingerprint density at radius 3 is 2.40 bits per heavy atom. The van der Waals surface area contributed by atoms with Crippen molar-refractivity contribution in [3.63, 3.8) is 0 Å². The summed E-state index contributed by atoms with van der Waals surface area (Å²) in [7, 11) is 0. The summed E-state index contributed by atoms with van der Waals surface area (Å²) in [4.78, 5) is 13.9. The number of aliphatic hydroxyl groups excluding tert-OH is 1. The van der Waals surface area contributed by atoms with Crippen molar-refractivity contribution in [1.82, 2.24) is 4.90 Å². The number of hydrogen-bond donors (Lipinski definition) is 1. The van der Waals surface area contributed by atoms with Gasteiger partial charge in [0, 0.05) is 18.7 Å². The molecule has 0 spiro atoms. The number of likely N-dealkylation sites (N-methyl/N-ethyl adjacent to an activating group) is 1. The van der Waals surface area contributed by atoms with E-state index in [0.717, 1.165) is 5.56 Å². The molecular formula is C16H25NO3. The minimum absolute atomic E-state index is 0.0351. The lowest BCUT2D eigenvalue weighted by molar-refractivity contribution is -0.137. The van der Waals surface area contributed by atoms with Gasteiger partial charge in [0.15, 0.2) is 6.10 Å². The molecule has 2 unspecified atom stereocenters. The van der Waals surface area contributed by atoms with Crippen molar-refractivity contribution in [2.75, 3.05) is 13.1 Å². The van der Waals surface area contributed by atoms with Crippen LogP contribution in [0.2, 0.25) is 0 Å². The smallest absolute Gasteiger partial charge is 0.263 e. The second-order valence-electron chi connectivity index (χ2n) is 4.99. The molecule has 0 saturated heterocycles. The van der Waals surface area contributed by atoms with E-state index < -0.39 is 12.2 Å². The molecule has 0 aliphatic heterocycles. The number of rotatable bonds is 6. The topological polar surface area (TPSA) is 49.8 Å². The van der Waals surface area contributed by atoms with E-state index in [1.54, 1.807) is 18.7 Å². The number of aryl methyl sites for hydroxylation is 1. The van der Waals surface area contributed by atoms with Crippen LogP contribution in [-0.2, 0) is 4.79 Å². The Morgan fingerprint density at radius 2 is 1.90 bits per heavy atom. The van der Waals surface area contributed by atoms with Gasteiger partial charge in [-0.3, -0.25) is 4.79 Å². The number of carbonyl (C=O) groups is 1. The lowest BCUT2D eigenvalue weighted by Gasteiger charge is -2.24. The maximum atomic E-state index is 12.2. The third-order valence-corrected chi connectivity index (χ3v) is 3.34. The van der Waals surface area contributed by atoms with Gasteiger partial charge in [0.1, 0.15) is 5.75 Å². The molecule has 2 atom stereocenters. The van der Waals surface area contributed by atoms with Crippen molar-refractivity contribution in [1.29, 1.82) is 0 Å². The lowest BCUT2D eigenvalue weighted by Crippen LogP contribution is -2.40. The minimum Gasteiger partial charge on any atom is -0.481 e. The SMILES string of the molecule is CCN(CC)C(=O)C(C)Oc1ccc(C)cc1C(C)O. The van der Waals surface area contributed by atoms with Crippen molar-refractivity contribution in [3.8, 4) is 5.75 Å². The van der Waals surface area contributed by atoms with Crippen LogP contribution in [0.1, 0.15) is 44.9 Å². The fourth-order valence-electron chi connectivity index (χ4n) is 2.13. The molecule has 1 rings (SSSR count). The van der Waals surface area contributed by atoms with Gasteiger partial charge >= 0.3 is 0 Å². The van der Waals surface area contributed by atoms with Crippen LogP contribution < -0.4 is 4.74 Å². The zero-order valence-corrected chi connectivity index (χ0v) is 13.0. The average Bonchev–Trinajstić information content (AvgIpc) is 2.41. The summed E-state index contributed by atoms with van der Waals surface area (Å²) in [5.74, 6) is 0.533. The second kappa shape index (κ2) is 7.29. The Morgan fingerprint density at radius 1 is 1.30 bits per heavy atom.